The highest BCUT2D eigenvalue weighted by Crippen LogP contribution is 2.29. The monoisotopic (exact) mass is 340 g/mol. The van der Waals surface area contributed by atoms with Gasteiger partial charge in [0.15, 0.2) is 0 Å². The third-order valence-corrected chi connectivity index (χ3v) is 3.72. The van der Waals surface area contributed by atoms with Crippen LogP contribution >= 0.6 is 53.5 Å². The minimum absolute atomic E-state index is 0.888. The Balaban J connectivity index is 2.80. The molecule has 0 atom stereocenters. The quantitative estimate of drug-likeness (QED) is 0.726. The van der Waals surface area contributed by atoms with E-state index in [1.807, 2.05) is 12.1 Å². The molecule has 0 bridgehead atoms. The number of nitrogens with zero attached hydrogens (tertiary/aromatic N) is 2. The summed E-state index contributed by atoms with van der Waals surface area (Å²) >= 11 is 6.82. The van der Waals surface area contributed by atoms with E-state index < -0.39 is 0 Å². The maximum Gasteiger partial charge on any atom is 0.109 e. The fourth-order valence-electron chi connectivity index (χ4n) is 1.04. The number of rotatable bonds is 1. The summed E-state index contributed by atoms with van der Waals surface area (Å²) in [4.78, 5) is 0.988. The van der Waals surface area contributed by atoms with E-state index in [1.54, 1.807) is 10.7 Å². The standard InChI is InChI=1S/C7H3Br2ClN2S/c8-5-3-11-12-6(5)1-4(13-10)2-7(12)9/h1-3H. The summed E-state index contributed by atoms with van der Waals surface area (Å²) in [5, 5.41) is 4.16. The first kappa shape index (κ1) is 9.83. The van der Waals surface area contributed by atoms with Gasteiger partial charge in [0.1, 0.15) is 4.60 Å². The lowest BCUT2D eigenvalue weighted by Crippen LogP contribution is -1.88. The van der Waals surface area contributed by atoms with Crippen molar-refractivity contribution in [2.45, 2.75) is 4.90 Å². The van der Waals surface area contributed by atoms with Gasteiger partial charge in [-0.2, -0.15) is 5.10 Å². The average molecular weight is 342 g/mol. The fraction of sp³-hybridized carbons (Fsp3) is 0. The van der Waals surface area contributed by atoms with Gasteiger partial charge in [0.05, 0.1) is 16.2 Å². The average Bonchev–Trinajstić information content (AvgIpc) is 2.48. The molecule has 0 spiro atoms. The van der Waals surface area contributed by atoms with Gasteiger partial charge in [-0.1, -0.05) is 0 Å². The van der Waals surface area contributed by atoms with E-state index in [2.05, 4.69) is 37.0 Å². The third kappa shape index (κ3) is 1.75. The number of hydrogen-bond acceptors (Lipinski definition) is 2. The molecule has 0 saturated heterocycles. The van der Waals surface area contributed by atoms with Gasteiger partial charge in [0.2, 0.25) is 0 Å². The van der Waals surface area contributed by atoms with Crippen LogP contribution in [-0.2, 0) is 0 Å². The van der Waals surface area contributed by atoms with Crippen molar-refractivity contribution in [2.24, 2.45) is 0 Å². The van der Waals surface area contributed by atoms with Crippen molar-refractivity contribution in [3.05, 3.63) is 27.4 Å². The largest absolute Gasteiger partial charge is 0.225 e. The molecule has 0 aliphatic carbocycles. The lowest BCUT2D eigenvalue weighted by Gasteiger charge is -2.00. The van der Waals surface area contributed by atoms with E-state index in [0.717, 1.165) is 19.5 Å². The summed E-state index contributed by atoms with van der Waals surface area (Å²) in [6, 6.07) is 3.89. The van der Waals surface area contributed by atoms with Crippen LogP contribution in [0.15, 0.2) is 32.3 Å². The zero-order chi connectivity index (χ0) is 9.42. The summed E-state index contributed by atoms with van der Waals surface area (Å²) in [6.07, 6.45) is 1.75. The number of aromatic nitrogens is 2. The first-order chi connectivity index (χ1) is 6.22. The lowest BCUT2D eigenvalue weighted by atomic mass is 10.4. The van der Waals surface area contributed by atoms with Gasteiger partial charge in [-0.05, 0) is 65.7 Å². The molecule has 0 N–H and O–H groups in total. The molecule has 0 saturated carbocycles. The van der Waals surface area contributed by atoms with Gasteiger partial charge in [-0.3, -0.25) is 0 Å². The summed E-state index contributed by atoms with van der Waals surface area (Å²) in [5.41, 5.74) is 0.998. The van der Waals surface area contributed by atoms with Crippen molar-refractivity contribution in [2.75, 3.05) is 0 Å². The van der Waals surface area contributed by atoms with Crippen LogP contribution in [0.5, 0.6) is 0 Å². The Morgan fingerprint density at radius 3 is 2.85 bits per heavy atom. The van der Waals surface area contributed by atoms with Crippen molar-refractivity contribution in [3.63, 3.8) is 0 Å². The fourth-order valence-corrected chi connectivity index (χ4v) is 2.67. The number of halogens is 3. The van der Waals surface area contributed by atoms with Gasteiger partial charge < -0.3 is 0 Å². The minimum Gasteiger partial charge on any atom is -0.225 e. The van der Waals surface area contributed by atoms with E-state index in [9.17, 15) is 0 Å². The van der Waals surface area contributed by atoms with Crippen molar-refractivity contribution in [1.29, 1.82) is 0 Å². The highest BCUT2D eigenvalue weighted by Gasteiger charge is 2.06. The maximum atomic E-state index is 5.67. The summed E-state index contributed by atoms with van der Waals surface area (Å²) < 4.78 is 3.64. The summed E-state index contributed by atoms with van der Waals surface area (Å²) in [6.45, 7) is 0. The van der Waals surface area contributed by atoms with Crippen molar-refractivity contribution in [3.8, 4) is 0 Å². The lowest BCUT2D eigenvalue weighted by molar-refractivity contribution is 0.927. The van der Waals surface area contributed by atoms with Crippen molar-refractivity contribution >= 4 is 59.0 Å². The Labute approximate surface area is 100 Å². The van der Waals surface area contributed by atoms with Gasteiger partial charge in [-0.25, -0.2) is 4.52 Å². The molecule has 0 aliphatic heterocycles. The summed E-state index contributed by atoms with van der Waals surface area (Å²) in [5.74, 6) is 0. The smallest absolute Gasteiger partial charge is 0.109 e. The summed E-state index contributed by atoms with van der Waals surface area (Å²) in [7, 11) is 6.86. The molecule has 13 heavy (non-hydrogen) atoms. The van der Waals surface area contributed by atoms with Crippen LogP contribution in [0.2, 0.25) is 0 Å². The van der Waals surface area contributed by atoms with Crippen molar-refractivity contribution in [1.82, 2.24) is 9.61 Å². The topological polar surface area (TPSA) is 17.3 Å². The van der Waals surface area contributed by atoms with Crippen LogP contribution in [0.25, 0.3) is 5.52 Å². The number of pyridine rings is 1. The second-order valence-corrected chi connectivity index (χ2v) is 5.14. The van der Waals surface area contributed by atoms with E-state index >= 15 is 0 Å². The zero-order valence-corrected chi connectivity index (χ0v) is 10.9. The van der Waals surface area contributed by atoms with Crippen LogP contribution in [-0.4, -0.2) is 9.61 Å². The molecule has 2 nitrogen and oxygen atoms in total. The molecule has 68 valence electrons. The Kier molecular flexibility index (Phi) is 2.88. The molecule has 6 heteroatoms. The van der Waals surface area contributed by atoms with E-state index in [-0.39, 0.29) is 0 Å². The molecule has 0 aliphatic rings. The predicted octanol–water partition coefficient (Wildman–Crippen LogP) is 4.11. The Hall–Kier alpha value is 0.290. The van der Waals surface area contributed by atoms with E-state index in [4.69, 9.17) is 10.7 Å². The van der Waals surface area contributed by atoms with Crippen LogP contribution in [0.1, 0.15) is 0 Å². The first-order valence-electron chi connectivity index (χ1n) is 3.34. The highest BCUT2D eigenvalue weighted by atomic mass is 79.9. The number of fused-ring (bicyclic) bond motifs is 1. The predicted molar refractivity (Wildman–Crippen MR) is 62.3 cm³/mol. The molecule has 2 rings (SSSR count). The Bertz CT molecular complexity index is 457. The highest BCUT2D eigenvalue weighted by molar-refractivity contribution is 9.11. The van der Waals surface area contributed by atoms with Crippen LogP contribution in [0.4, 0.5) is 0 Å². The first-order valence-corrected chi connectivity index (χ1v) is 6.56. The normalized spacial score (nSPS) is 11.0. The van der Waals surface area contributed by atoms with Crippen LogP contribution in [0, 0.1) is 0 Å². The van der Waals surface area contributed by atoms with Gasteiger partial charge in [-0.15, -0.1) is 0 Å². The molecule has 0 radical (unpaired) electrons. The maximum absolute atomic E-state index is 5.67. The van der Waals surface area contributed by atoms with Gasteiger partial charge >= 0.3 is 0 Å². The van der Waals surface area contributed by atoms with Crippen molar-refractivity contribution < 1.29 is 0 Å². The van der Waals surface area contributed by atoms with E-state index in [1.165, 1.54) is 11.0 Å². The second-order valence-electron chi connectivity index (χ2n) is 2.38. The SMILES string of the molecule is ClSc1cc(Br)n2ncc(Br)c2c1. The molecule has 2 aromatic rings. The third-order valence-electron chi connectivity index (χ3n) is 1.59. The molecule has 0 fully saturated rings. The molecular weight excluding hydrogens is 339 g/mol. The molecule has 0 unspecified atom stereocenters. The Morgan fingerprint density at radius 2 is 2.15 bits per heavy atom. The van der Waals surface area contributed by atoms with E-state index in [0.29, 0.717) is 0 Å². The molecule has 2 heterocycles. The van der Waals surface area contributed by atoms with Crippen LogP contribution in [0.3, 0.4) is 0 Å². The van der Waals surface area contributed by atoms with Gasteiger partial charge in [0, 0.05) is 4.90 Å². The minimum atomic E-state index is 0.888. The van der Waals surface area contributed by atoms with Gasteiger partial charge in [0.25, 0.3) is 0 Å². The van der Waals surface area contributed by atoms with Crippen LogP contribution < -0.4 is 0 Å². The second kappa shape index (κ2) is 3.81. The number of hydrogen-bond donors (Lipinski definition) is 0. The molecule has 0 amide bonds. The zero-order valence-electron chi connectivity index (χ0n) is 6.17. The molecule has 0 aromatic carbocycles. The molecular formula is C7H3Br2ClN2S. The Morgan fingerprint density at radius 1 is 1.38 bits per heavy atom. The molecule has 2 aromatic heterocycles.